The molecular formula is C32H32N4O7. The van der Waals surface area contributed by atoms with Gasteiger partial charge in [-0.2, -0.15) is 0 Å². The van der Waals surface area contributed by atoms with Gasteiger partial charge in [-0.1, -0.05) is 30.3 Å². The van der Waals surface area contributed by atoms with Crippen molar-refractivity contribution in [1.82, 2.24) is 14.8 Å². The van der Waals surface area contributed by atoms with Gasteiger partial charge in [0.15, 0.2) is 5.88 Å². The molecule has 4 aromatic rings. The molecule has 1 aromatic heterocycles. The zero-order valence-electron chi connectivity index (χ0n) is 24.0. The monoisotopic (exact) mass is 584 g/mol. The highest BCUT2D eigenvalue weighted by atomic mass is 16.7. The Bertz CT molecular complexity index is 1680. The highest BCUT2D eigenvalue weighted by Gasteiger charge is 2.28. The third-order valence-corrected chi connectivity index (χ3v) is 6.81. The van der Waals surface area contributed by atoms with Gasteiger partial charge in [-0.3, -0.25) is 4.79 Å². The van der Waals surface area contributed by atoms with Crippen molar-refractivity contribution < 1.29 is 34.1 Å². The molecule has 3 aromatic carbocycles. The molecule has 1 saturated heterocycles. The molecule has 0 radical (unpaired) electrons. The number of hydrogen-bond acceptors (Lipinski definition) is 7. The fourth-order valence-electron chi connectivity index (χ4n) is 4.84. The van der Waals surface area contributed by atoms with Crippen molar-refractivity contribution in [3.8, 4) is 11.6 Å². The first kappa shape index (κ1) is 29.2. The quantitative estimate of drug-likeness (QED) is 0.153. The van der Waals surface area contributed by atoms with Gasteiger partial charge in [0.2, 0.25) is 0 Å². The molecule has 0 spiro atoms. The second-order valence-electron chi connectivity index (χ2n) is 11.1. The number of carboxylic acid groups (broad SMARTS) is 1. The first-order valence-corrected chi connectivity index (χ1v) is 13.8. The van der Waals surface area contributed by atoms with Crippen LogP contribution in [0.3, 0.4) is 0 Å². The number of nitrogens with one attached hydrogen (secondary N) is 1. The van der Waals surface area contributed by atoms with E-state index in [1.165, 1.54) is 12.1 Å². The number of rotatable bonds is 5. The standard InChI is InChI=1S/C32H32N4O7/c1-32(2,3)43-30(39)36-17-15-35(16-18-36)29(38)21-9-11-22(12-10-21)33-27(20-7-5-4-6-8-20)26-24-14-13-23(42-31(40)41)19-25(24)34-28(26)37/h4-14,19,34,37H,15-18H2,1-3H3,(H,40,41). The largest absolute Gasteiger partial charge is 0.511 e. The van der Waals surface area contributed by atoms with E-state index in [-0.39, 0.29) is 23.6 Å². The summed E-state index contributed by atoms with van der Waals surface area (Å²) in [5.41, 5.74) is 2.61. The van der Waals surface area contributed by atoms with Crippen LogP contribution in [0, 0.1) is 0 Å². The fourth-order valence-corrected chi connectivity index (χ4v) is 4.84. The molecular weight excluding hydrogens is 552 g/mol. The Hall–Kier alpha value is -5.32. The summed E-state index contributed by atoms with van der Waals surface area (Å²) in [7, 11) is 0. The van der Waals surface area contributed by atoms with Crippen molar-refractivity contribution in [2.45, 2.75) is 26.4 Å². The number of aromatic amines is 1. The van der Waals surface area contributed by atoms with E-state index in [4.69, 9.17) is 19.6 Å². The third kappa shape index (κ3) is 6.78. The van der Waals surface area contributed by atoms with Gasteiger partial charge in [-0.25, -0.2) is 14.6 Å². The molecule has 2 heterocycles. The number of aliphatic imine (C=N–C) groups is 1. The predicted molar refractivity (Wildman–Crippen MR) is 161 cm³/mol. The average Bonchev–Trinajstić information content (AvgIpc) is 3.29. The van der Waals surface area contributed by atoms with Crippen LogP contribution < -0.4 is 4.74 Å². The number of fused-ring (bicyclic) bond motifs is 1. The number of ether oxygens (including phenoxy) is 2. The lowest BCUT2D eigenvalue weighted by Crippen LogP contribution is -2.51. The molecule has 0 unspecified atom stereocenters. The number of benzene rings is 3. The van der Waals surface area contributed by atoms with Crippen LogP contribution in [0.1, 0.15) is 42.3 Å². The van der Waals surface area contributed by atoms with E-state index in [0.717, 1.165) is 5.56 Å². The van der Waals surface area contributed by atoms with E-state index < -0.39 is 11.8 Å². The number of aromatic nitrogens is 1. The third-order valence-electron chi connectivity index (χ3n) is 6.81. The molecule has 1 fully saturated rings. The van der Waals surface area contributed by atoms with Crippen LogP contribution in [-0.4, -0.2) is 80.6 Å². The molecule has 5 rings (SSSR count). The topological polar surface area (TPSA) is 145 Å². The molecule has 0 aliphatic carbocycles. The Kier molecular flexibility index (Phi) is 8.07. The fraction of sp³-hybridized carbons (Fsp3) is 0.250. The summed E-state index contributed by atoms with van der Waals surface area (Å²) in [6, 6.07) is 20.9. The van der Waals surface area contributed by atoms with Crippen molar-refractivity contribution in [1.29, 1.82) is 0 Å². The lowest BCUT2D eigenvalue weighted by Gasteiger charge is -2.35. The smallest absolute Gasteiger partial charge is 0.494 e. The van der Waals surface area contributed by atoms with Crippen LogP contribution in [0.5, 0.6) is 11.6 Å². The number of nitrogens with zero attached hydrogens (tertiary/aromatic N) is 3. The lowest BCUT2D eigenvalue weighted by molar-refractivity contribution is 0.0141. The Morgan fingerprint density at radius 1 is 0.860 bits per heavy atom. The van der Waals surface area contributed by atoms with Crippen molar-refractivity contribution >= 4 is 40.5 Å². The summed E-state index contributed by atoms with van der Waals surface area (Å²) >= 11 is 0. The minimum Gasteiger partial charge on any atom is -0.494 e. The average molecular weight is 585 g/mol. The van der Waals surface area contributed by atoms with Crippen molar-refractivity contribution in [2.24, 2.45) is 4.99 Å². The van der Waals surface area contributed by atoms with E-state index in [9.17, 15) is 19.5 Å². The maximum absolute atomic E-state index is 13.2. The summed E-state index contributed by atoms with van der Waals surface area (Å²) in [5, 5.41) is 20.5. The Morgan fingerprint density at radius 3 is 2.14 bits per heavy atom. The van der Waals surface area contributed by atoms with Crippen LogP contribution in [-0.2, 0) is 4.74 Å². The number of amides is 2. The number of carbonyl (C=O) groups excluding carboxylic acids is 2. The van der Waals surface area contributed by atoms with Gasteiger partial charge < -0.3 is 34.5 Å². The van der Waals surface area contributed by atoms with Gasteiger partial charge >= 0.3 is 12.2 Å². The number of aromatic hydroxyl groups is 1. The van der Waals surface area contributed by atoms with E-state index in [2.05, 4.69) is 4.98 Å². The molecule has 1 aliphatic heterocycles. The zero-order chi connectivity index (χ0) is 30.7. The zero-order valence-corrected chi connectivity index (χ0v) is 24.0. The van der Waals surface area contributed by atoms with Crippen molar-refractivity contribution in [2.75, 3.05) is 26.2 Å². The number of H-pyrrole nitrogens is 1. The summed E-state index contributed by atoms with van der Waals surface area (Å²) in [6.07, 6.45) is -1.82. The molecule has 11 nitrogen and oxygen atoms in total. The molecule has 43 heavy (non-hydrogen) atoms. The van der Waals surface area contributed by atoms with E-state index in [0.29, 0.717) is 59.6 Å². The normalized spacial score (nSPS) is 14.1. The van der Waals surface area contributed by atoms with Crippen molar-refractivity contribution in [3.05, 3.63) is 89.5 Å². The van der Waals surface area contributed by atoms with Crippen LogP contribution in [0.15, 0.2) is 77.8 Å². The Morgan fingerprint density at radius 2 is 1.51 bits per heavy atom. The van der Waals surface area contributed by atoms with Crippen LogP contribution in [0.2, 0.25) is 0 Å². The van der Waals surface area contributed by atoms with Crippen LogP contribution >= 0.6 is 0 Å². The minimum atomic E-state index is -1.44. The first-order valence-electron chi connectivity index (χ1n) is 13.8. The van der Waals surface area contributed by atoms with E-state index >= 15 is 0 Å². The number of carbonyl (C=O) groups is 3. The summed E-state index contributed by atoms with van der Waals surface area (Å²) in [6.45, 7) is 7.03. The number of piperazine rings is 1. The maximum atomic E-state index is 13.2. The van der Waals surface area contributed by atoms with Gasteiger partial charge in [0.05, 0.1) is 22.5 Å². The van der Waals surface area contributed by atoms with Crippen molar-refractivity contribution in [3.63, 3.8) is 0 Å². The van der Waals surface area contributed by atoms with Crippen LogP contribution in [0.25, 0.3) is 10.9 Å². The van der Waals surface area contributed by atoms with E-state index in [1.54, 1.807) is 40.1 Å². The van der Waals surface area contributed by atoms with Gasteiger partial charge in [0, 0.05) is 48.8 Å². The Balaban J connectivity index is 1.38. The highest BCUT2D eigenvalue weighted by molar-refractivity contribution is 6.22. The minimum absolute atomic E-state index is 0.109. The molecule has 222 valence electrons. The number of hydrogen-bond donors (Lipinski definition) is 3. The molecule has 0 saturated carbocycles. The molecule has 0 atom stereocenters. The second-order valence-corrected chi connectivity index (χ2v) is 11.1. The maximum Gasteiger partial charge on any atom is 0.511 e. The van der Waals surface area contributed by atoms with E-state index in [1.807, 2.05) is 51.1 Å². The van der Waals surface area contributed by atoms with Crippen LogP contribution in [0.4, 0.5) is 15.3 Å². The first-order chi connectivity index (χ1) is 20.5. The van der Waals surface area contributed by atoms with Gasteiger partial charge in [0.25, 0.3) is 5.91 Å². The summed E-state index contributed by atoms with van der Waals surface area (Å²) in [5.74, 6) is -0.170. The SMILES string of the molecule is CC(C)(C)OC(=O)N1CCN(C(=O)c2ccc(N=C(c3ccccc3)c3c(O)[nH]c4cc(OC(=O)O)ccc34)cc2)CC1. The van der Waals surface area contributed by atoms with Gasteiger partial charge in [-0.15, -0.1) is 0 Å². The summed E-state index contributed by atoms with van der Waals surface area (Å²) in [4.78, 5) is 47.6. The predicted octanol–water partition coefficient (Wildman–Crippen LogP) is 5.79. The molecule has 3 N–H and O–H groups in total. The second kappa shape index (κ2) is 11.9. The lowest BCUT2D eigenvalue weighted by atomic mass is 10.0. The highest BCUT2D eigenvalue weighted by Crippen LogP contribution is 2.33. The summed E-state index contributed by atoms with van der Waals surface area (Å²) < 4.78 is 10.2. The Labute approximate surface area is 248 Å². The van der Waals surface area contributed by atoms with Gasteiger partial charge in [0.1, 0.15) is 11.4 Å². The molecule has 0 bridgehead atoms. The molecule has 2 amide bonds. The molecule has 1 aliphatic rings. The molecule has 11 heteroatoms. The van der Waals surface area contributed by atoms with Gasteiger partial charge in [-0.05, 0) is 57.2 Å².